The molecule has 0 saturated heterocycles. The highest BCUT2D eigenvalue weighted by Gasteiger charge is 2.14. The van der Waals surface area contributed by atoms with Crippen LogP contribution >= 0.6 is 0 Å². The molecule has 0 fully saturated rings. The first-order valence-electron chi connectivity index (χ1n) is 8.90. The predicted molar refractivity (Wildman–Crippen MR) is 103 cm³/mol. The van der Waals surface area contributed by atoms with Crippen molar-refractivity contribution in [3.63, 3.8) is 0 Å². The quantitative estimate of drug-likeness (QED) is 0.746. The van der Waals surface area contributed by atoms with Crippen molar-refractivity contribution in [2.75, 3.05) is 19.8 Å². The van der Waals surface area contributed by atoms with Crippen LogP contribution in [0.15, 0.2) is 47.3 Å². The molecule has 27 heavy (non-hydrogen) atoms. The number of H-pyrrole nitrogens is 1. The Hall–Kier alpha value is -3.28. The van der Waals surface area contributed by atoms with Gasteiger partial charge in [0.15, 0.2) is 11.5 Å². The lowest BCUT2D eigenvalue weighted by Gasteiger charge is -2.18. The summed E-state index contributed by atoms with van der Waals surface area (Å²) < 4.78 is 11.1. The van der Waals surface area contributed by atoms with Crippen LogP contribution < -0.4 is 20.3 Å². The second-order valence-electron chi connectivity index (χ2n) is 6.58. The molecule has 2 aromatic carbocycles. The Labute approximate surface area is 156 Å². The van der Waals surface area contributed by atoms with E-state index in [1.54, 1.807) is 18.2 Å². The molecule has 2 N–H and O–H groups in total. The molecule has 1 amide bonds. The number of hydrogen-bond donors (Lipinski definition) is 2. The van der Waals surface area contributed by atoms with Crippen LogP contribution in [0, 0.1) is 6.92 Å². The van der Waals surface area contributed by atoms with Crippen molar-refractivity contribution in [2.24, 2.45) is 0 Å². The largest absolute Gasteiger partial charge is 0.486 e. The third kappa shape index (κ3) is 3.65. The van der Waals surface area contributed by atoms with E-state index in [4.69, 9.17) is 9.47 Å². The van der Waals surface area contributed by atoms with Crippen molar-refractivity contribution in [3.05, 3.63) is 69.5 Å². The number of ether oxygens (including phenoxy) is 2. The van der Waals surface area contributed by atoms with Crippen LogP contribution in [-0.4, -0.2) is 30.6 Å². The van der Waals surface area contributed by atoms with Gasteiger partial charge in [0.2, 0.25) is 0 Å². The number of pyridine rings is 1. The van der Waals surface area contributed by atoms with Crippen LogP contribution in [0.1, 0.15) is 21.5 Å². The summed E-state index contributed by atoms with van der Waals surface area (Å²) in [4.78, 5) is 27.4. The van der Waals surface area contributed by atoms with Gasteiger partial charge < -0.3 is 19.8 Å². The summed E-state index contributed by atoms with van der Waals surface area (Å²) in [7, 11) is 0. The minimum atomic E-state index is -0.163. The summed E-state index contributed by atoms with van der Waals surface area (Å²) in [5, 5.41) is 3.73. The van der Waals surface area contributed by atoms with Crippen LogP contribution in [-0.2, 0) is 6.42 Å². The standard InChI is InChI=1S/C21H20N2O4/c1-13-2-4-14(5-3-13)20(24)22-7-6-15-10-16-11-18-19(27-9-8-26-18)12-17(16)23-21(15)25/h2-5,10-12H,6-9H2,1H3,(H,22,24)(H,23,25). The molecule has 1 aliphatic rings. The lowest BCUT2D eigenvalue weighted by Crippen LogP contribution is -2.27. The van der Waals surface area contributed by atoms with Gasteiger partial charge in [-0.1, -0.05) is 17.7 Å². The lowest BCUT2D eigenvalue weighted by atomic mass is 10.1. The van der Waals surface area contributed by atoms with E-state index in [-0.39, 0.29) is 11.5 Å². The van der Waals surface area contributed by atoms with E-state index in [2.05, 4.69) is 10.3 Å². The first kappa shape index (κ1) is 17.1. The molecule has 0 spiro atoms. The molecule has 1 aliphatic heterocycles. The van der Waals surface area contributed by atoms with Crippen LogP contribution in [0.3, 0.4) is 0 Å². The fraction of sp³-hybridized carbons (Fsp3) is 0.238. The predicted octanol–water partition coefficient (Wildman–Crippen LogP) is 2.58. The van der Waals surface area contributed by atoms with Crippen LogP contribution in [0.25, 0.3) is 10.9 Å². The number of carbonyl (C=O) groups excluding carboxylic acids is 1. The molecule has 0 unspecified atom stereocenters. The molecular formula is C21H20N2O4. The second kappa shape index (κ2) is 7.15. The monoisotopic (exact) mass is 364 g/mol. The fourth-order valence-corrected chi connectivity index (χ4v) is 3.09. The lowest BCUT2D eigenvalue weighted by molar-refractivity contribution is 0.0954. The van der Waals surface area contributed by atoms with Crippen molar-refractivity contribution >= 4 is 16.8 Å². The van der Waals surface area contributed by atoms with Gasteiger partial charge in [-0.05, 0) is 37.6 Å². The molecule has 6 nitrogen and oxygen atoms in total. The zero-order chi connectivity index (χ0) is 18.8. The number of hydrogen-bond acceptors (Lipinski definition) is 4. The molecule has 4 rings (SSSR count). The van der Waals surface area contributed by atoms with Gasteiger partial charge in [-0.2, -0.15) is 0 Å². The average Bonchev–Trinajstić information content (AvgIpc) is 2.67. The highest BCUT2D eigenvalue weighted by atomic mass is 16.6. The van der Waals surface area contributed by atoms with E-state index in [1.807, 2.05) is 31.2 Å². The van der Waals surface area contributed by atoms with Crippen molar-refractivity contribution in [1.82, 2.24) is 10.3 Å². The van der Waals surface area contributed by atoms with Gasteiger partial charge >= 0.3 is 0 Å². The van der Waals surface area contributed by atoms with Gasteiger partial charge in [0, 0.05) is 29.1 Å². The normalized spacial score (nSPS) is 12.8. The van der Waals surface area contributed by atoms with Gasteiger partial charge in [0.25, 0.3) is 11.5 Å². The number of fused-ring (bicyclic) bond motifs is 2. The van der Waals surface area contributed by atoms with E-state index in [0.717, 1.165) is 10.9 Å². The summed E-state index contributed by atoms with van der Waals surface area (Å²) in [6.45, 7) is 3.37. The average molecular weight is 364 g/mol. The SMILES string of the molecule is Cc1ccc(C(=O)NCCc2cc3cc4c(cc3[nH]c2=O)OCCO4)cc1. The number of nitrogens with one attached hydrogen (secondary N) is 2. The molecule has 0 aliphatic carbocycles. The second-order valence-corrected chi connectivity index (χ2v) is 6.58. The maximum atomic E-state index is 12.3. The van der Waals surface area contributed by atoms with Gasteiger partial charge in [-0.15, -0.1) is 0 Å². The smallest absolute Gasteiger partial charge is 0.251 e. The topological polar surface area (TPSA) is 80.4 Å². The summed E-state index contributed by atoms with van der Waals surface area (Å²) in [5.41, 5.74) is 2.87. The van der Waals surface area contributed by atoms with Gasteiger partial charge in [0.05, 0.1) is 5.52 Å². The first-order chi connectivity index (χ1) is 13.1. The zero-order valence-corrected chi connectivity index (χ0v) is 15.0. The Kier molecular flexibility index (Phi) is 4.54. The highest BCUT2D eigenvalue weighted by Crippen LogP contribution is 2.33. The third-order valence-electron chi connectivity index (χ3n) is 4.58. The fourth-order valence-electron chi connectivity index (χ4n) is 3.09. The number of aryl methyl sites for hydroxylation is 1. The molecule has 3 aromatic rings. The maximum absolute atomic E-state index is 12.3. The Morgan fingerprint density at radius 1 is 1.07 bits per heavy atom. The summed E-state index contributed by atoms with van der Waals surface area (Å²) in [6.07, 6.45) is 0.442. The molecule has 6 heteroatoms. The Balaban J connectivity index is 1.48. The summed E-state index contributed by atoms with van der Waals surface area (Å²) in [5.74, 6) is 1.17. The number of rotatable bonds is 4. The summed E-state index contributed by atoms with van der Waals surface area (Å²) >= 11 is 0. The van der Waals surface area contributed by atoms with Crippen LogP contribution in [0.5, 0.6) is 11.5 Å². The number of amides is 1. The summed E-state index contributed by atoms with van der Waals surface area (Å²) in [6, 6.07) is 12.9. The molecule has 1 aromatic heterocycles. The van der Waals surface area contributed by atoms with E-state index >= 15 is 0 Å². The van der Waals surface area contributed by atoms with Gasteiger partial charge in [-0.3, -0.25) is 9.59 Å². The van der Waals surface area contributed by atoms with E-state index in [9.17, 15) is 9.59 Å². The van der Waals surface area contributed by atoms with Crippen molar-refractivity contribution in [2.45, 2.75) is 13.3 Å². The van der Waals surface area contributed by atoms with E-state index < -0.39 is 0 Å². The molecular weight excluding hydrogens is 344 g/mol. The van der Waals surface area contributed by atoms with Crippen molar-refractivity contribution < 1.29 is 14.3 Å². The molecule has 138 valence electrons. The Morgan fingerprint density at radius 3 is 2.52 bits per heavy atom. The Morgan fingerprint density at radius 2 is 1.78 bits per heavy atom. The number of benzene rings is 2. The highest BCUT2D eigenvalue weighted by molar-refractivity contribution is 5.94. The molecule has 0 atom stereocenters. The molecule has 0 saturated carbocycles. The third-order valence-corrected chi connectivity index (χ3v) is 4.58. The first-order valence-corrected chi connectivity index (χ1v) is 8.90. The minimum absolute atomic E-state index is 0.146. The minimum Gasteiger partial charge on any atom is -0.486 e. The molecule has 2 heterocycles. The molecule has 0 radical (unpaired) electrons. The van der Waals surface area contributed by atoms with Crippen LogP contribution in [0.4, 0.5) is 0 Å². The number of aromatic nitrogens is 1. The van der Waals surface area contributed by atoms with Crippen molar-refractivity contribution in [1.29, 1.82) is 0 Å². The number of aromatic amines is 1. The van der Waals surface area contributed by atoms with Crippen LogP contribution in [0.2, 0.25) is 0 Å². The Bertz CT molecular complexity index is 1050. The van der Waals surface area contributed by atoms with Gasteiger partial charge in [0.1, 0.15) is 13.2 Å². The number of carbonyl (C=O) groups is 1. The maximum Gasteiger partial charge on any atom is 0.251 e. The van der Waals surface area contributed by atoms with Crippen molar-refractivity contribution in [3.8, 4) is 11.5 Å². The molecule has 0 bridgehead atoms. The van der Waals surface area contributed by atoms with Gasteiger partial charge in [-0.25, -0.2) is 0 Å². The van der Waals surface area contributed by atoms with E-state index in [1.165, 1.54) is 0 Å². The zero-order valence-electron chi connectivity index (χ0n) is 15.0. The van der Waals surface area contributed by atoms with E-state index in [0.29, 0.717) is 54.3 Å².